The molecular weight excluding hydrogens is 1720 g/mol. The lowest BCUT2D eigenvalue weighted by atomic mass is 9.88. The Morgan fingerprint density at radius 3 is 0.929 bits per heavy atom. The Morgan fingerprint density at radius 1 is 0.325 bits per heavy atom. The summed E-state index contributed by atoms with van der Waals surface area (Å²) in [5, 5.41) is 313. The molecule has 0 aromatic carbocycles. The Labute approximate surface area is 714 Å². The van der Waals surface area contributed by atoms with Crippen LogP contribution in [0.15, 0.2) is 0 Å². The fraction of sp³-hybridized carbons (Fsp3) is 0.930. The van der Waals surface area contributed by atoms with Gasteiger partial charge in [-0.15, -0.1) is 0 Å². The third-order valence-corrected chi connectivity index (χ3v) is 23.3. The lowest BCUT2D eigenvalue weighted by molar-refractivity contribution is -0.403. The van der Waals surface area contributed by atoms with Gasteiger partial charge in [0.15, 0.2) is 56.6 Å². The van der Waals surface area contributed by atoms with Gasteiger partial charge in [-0.25, -0.2) is 4.79 Å². The number of nitrogens with one attached hydrogen (secondary N) is 4. The molecule has 0 radical (unpaired) electrons. The van der Waals surface area contributed by atoms with Gasteiger partial charge in [-0.3, -0.25) is 19.2 Å². The number of ether oxygens (including phenoxy) is 19. The first-order chi connectivity index (χ1) is 59.3. The predicted octanol–water partition coefficient (Wildman–Crippen LogP) is -19.9. The predicted molar refractivity (Wildman–Crippen MR) is 389 cm³/mol. The van der Waals surface area contributed by atoms with Crippen molar-refractivity contribution in [1.29, 1.82) is 0 Å². The van der Waals surface area contributed by atoms with E-state index in [1.54, 1.807) is 0 Å². The van der Waals surface area contributed by atoms with E-state index >= 15 is 0 Å². The second kappa shape index (κ2) is 44.1. The molecule has 0 aromatic heterocycles. The van der Waals surface area contributed by atoms with Crippen molar-refractivity contribution in [2.24, 2.45) is 0 Å². The molecule has 126 heavy (non-hydrogen) atoms. The lowest BCUT2D eigenvalue weighted by Gasteiger charge is -2.53. The number of carbonyl (C=O) groups is 5. The second-order valence-electron chi connectivity index (χ2n) is 32.3. The van der Waals surface area contributed by atoms with Crippen LogP contribution in [0.5, 0.6) is 0 Å². The summed E-state index contributed by atoms with van der Waals surface area (Å²) in [5.41, 5.74) is 0. The van der Waals surface area contributed by atoms with Gasteiger partial charge in [0.25, 0.3) is 5.79 Å². The van der Waals surface area contributed by atoms with Gasteiger partial charge < -0.3 is 249 Å². The molecule has 728 valence electrons. The SMILES string of the molecule is CC(=O)N[C@@H]1[C@@H](O[C@@H]2O[C@@H](C)[C@@H](O)[C@@H](O)[C@@H]2O)[C@H](O[C@@H]2O[C@H](CO)[C@H](O)[C@H](O[C@@H]3O[C@H](CO)[C@@H](O[C@@H]4O[C@H](CO)[C@H](O)[C@H](O[C@@H]5O[C@H](CO)[C@@H](O[C@@H]6O[C@H](CO)[C@H](O)[C@H](O[C@]7(C(=O)O)C[C@H](O)[C@@H](NC(C)=O)[C@H]([C@H](O)[C@H](O)CO)O7)[C@H]6O)[C@H](O[C@@H]6O[C@@H](C)[C@@H](O)[C@@H](O)[C@@H]6O)[C@H]5NC(C)=O)[C@H]4O)[C@H](O[C@@H]4O[C@@H](C)[C@@H](O)[C@@H](O)[C@@H]4O)[C@H]3NC(C)=O)[C@H]2O)[C@@H](CO)O[C@H]1O. The van der Waals surface area contributed by atoms with Gasteiger partial charge in [-0.1, -0.05) is 0 Å². The molecule has 55 heteroatoms. The van der Waals surface area contributed by atoms with Crippen LogP contribution >= 0.6 is 0 Å². The van der Waals surface area contributed by atoms with E-state index in [1.807, 2.05) is 0 Å². The number of carboxylic acid groups (broad SMARTS) is 1. The molecular formula is C71H118N4O51. The summed E-state index contributed by atoms with van der Waals surface area (Å²) in [6, 6.07) is -7.83. The van der Waals surface area contributed by atoms with Crippen LogP contribution in [0.1, 0.15) is 54.9 Å². The van der Waals surface area contributed by atoms with Gasteiger partial charge in [0.1, 0.15) is 220 Å². The topological polar surface area (TPSA) is 855 Å². The number of aliphatic hydroxyl groups is 26. The van der Waals surface area contributed by atoms with Crippen molar-refractivity contribution in [3.05, 3.63) is 0 Å². The number of rotatable bonds is 32. The third kappa shape index (κ3) is 22.3. The average molecular weight is 1840 g/mol. The summed E-state index contributed by atoms with van der Waals surface area (Å²) in [4.78, 5) is 65.9. The Hall–Kier alpha value is -4.45. The number of hydrogen-bond donors (Lipinski definition) is 31. The highest BCUT2D eigenvalue weighted by Gasteiger charge is 2.65. The van der Waals surface area contributed by atoms with Crippen LogP contribution in [0.2, 0.25) is 0 Å². The summed E-state index contributed by atoms with van der Waals surface area (Å²) < 4.78 is 115. The largest absolute Gasteiger partial charge is 0.477 e. The standard InChI is InChI=1S/C71H118N4O51/c1-16-35(89)42(96)45(99)64(108-16)120-55-32(73-20(5)84)61(105)111-28(13-80)51(55)117-67-48(102)58(39(93)25(10-77)112-67)123-62-33(74-21(6)85)56(121-65-46(100)43(97)36(90)17(2)109-65)52(29(14-81)115-62)118-68-49(103)59(40(94)26(11-78)113-68)124-63-34(75-22(7)86)57(122-66-47(101)44(98)37(91)18(3)110-66)53(30(15-82)116-63)119-69-50(104)60(41(95)27(12-79)114-69)126-71(70(106)107)8-23(87)31(72-19(4)83)54(125-71)38(92)24(88)9-76/h16-18,23-69,76-82,87-105H,8-15H2,1-7H3,(H,72,83)(H,73,84)(H,74,85)(H,75,86)(H,106,107)/t16-,17-,18-,23-,24+,25+,26+,27+,28+,29+,30+,31+,32+,33+,34+,35+,36+,37+,38+,39-,40-,41-,42+,43+,44+,45-,46-,47-,48+,49+,50+,51+,52+,53+,54+,55+,56+,57+,58-,59-,60-,61+,62-,63-,64-,65-,66-,67-,68-,69-,71-/m0/s1. The smallest absolute Gasteiger partial charge is 0.364 e. The number of aliphatic carboxylic acids is 1. The fourth-order valence-electron chi connectivity index (χ4n) is 16.6. The van der Waals surface area contributed by atoms with E-state index in [2.05, 4.69) is 21.3 Å². The van der Waals surface area contributed by atoms with Crippen LogP contribution in [0.25, 0.3) is 0 Å². The van der Waals surface area contributed by atoms with Gasteiger partial charge in [-0.05, 0) is 20.8 Å². The van der Waals surface area contributed by atoms with Crippen LogP contribution in [-0.4, -0.2) is 526 Å². The first-order valence-electron chi connectivity index (χ1n) is 40.3. The summed E-state index contributed by atoms with van der Waals surface area (Å²) in [5.74, 6) is -9.44. The number of aliphatic hydroxyl groups excluding tert-OH is 26. The van der Waals surface area contributed by atoms with Crippen LogP contribution < -0.4 is 21.3 Å². The molecule has 10 heterocycles. The Bertz CT molecular complexity index is 3490. The van der Waals surface area contributed by atoms with Crippen molar-refractivity contribution in [3.63, 3.8) is 0 Å². The Morgan fingerprint density at radius 2 is 0.603 bits per heavy atom. The highest BCUT2D eigenvalue weighted by atomic mass is 16.8. The maximum absolute atomic E-state index is 13.7. The Kier molecular flexibility index (Phi) is 36.3. The minimum Gasteiger partial charge on any atom is -0.477 e. The monoisotopic (exact) mass is 1840 g/mol. The quantitative estimate of drug-likeness (QED) is 0.0297. The van der Waals surface area contributed by atoms with Crippen LogP contribution in [0.3, 0.4) is 0 Å². The highest BCUT2D eigenvalue weighted by Crippen LogP contribution is 2.44. The first-order valence-corrected chi connectivity index (χ1v) is 40.3. The zero-order valence-electron chi connectivity index (χ0n) is 68.4. The average Bonchev–Trinajstić information content (AvgIpc) is 0.754. The molecule has 0 aromatic rings. The van der Waals surface area contributed by atoms with Crippen molar-refractivity contribution in [3.8, 4) is 0 Å². The summed E-state index contributed by atoms with van der Waals surface area (Å²) >= 11 is 0. The third-order valence-electron chi connectivity index (χ3n) is 23.3. The molecule has 10 fully saturated rings. The number of carbonyl (C=O) groups excluding carboxylic acids is 4. The maximum Gasteiger partial charge on any atom is 0.364 e. The van der Waals surface area contributed by atoms with E-state index in [9.17, 15) is 162 Å². The zero-order valence-corrected chi connectivity index (χ0v) is 68.4. The van der Waals surface area contributed by atoms with E-state index in [0.717, 1.165) is 27.7 Å². The molecule has 0 unspecified atom stereocenters. The summed E-state index contributed by atoms with van der Waals surface area (Å²) in [6.45, 7) is -1.36. The zero-order chi connectivity index (χ0) is 93.2. The lowest BCUT2D eigenvalue weighted by Crippen LogP contribution is -2.72. The second-order valence-corrected chi connectivity index (χ2v) is 32.3. The molecule has 0 aliphatic carbocycles. The molecule has 10 saturated heterocycles. The van der Waals surface area contributed by atoms with E-state index in [4.69, 9.17) is 90.0 Å². The molecule has 0 bridgehead atoms. The molecule has 4 amide bonds. The minimum atomic E-state index is -3.36. The van der Waals surface area contributed by atoms with Crippen LogP contribution in [0.4, 0.5) is 0 Å². The molecule has 10 aliphatic heterocycles. The number of carboxylic acids is 1. The van der Waals surface area contributed by atoms with Crippen molar-refractivity contribution < 1.29 is 252 Å². The highest BCUT2D eigenvalue weighted by molar-refractivity contribution is 5.77. The first kappa shape index (κ1) is 104. The molecule has 31 N–H and O–H groups in total. The van der Waals surface area contributed by atoms with E-state index in [0.29, 0.717) is 0 Å². The van der Waals surface area contributed by atoms with Gasteiger partial charge in [0.05, 0.1) is 76.7 Å². The molecule has 51 atom stereocenters. The van der Waals surface area contributed by atoms with Crippen molar-refractivity contribution in [2.45, 2.75) is 367 Å². The van der Waals surface area contributed by atoms with E-state index in [1.165, 1.54) is 20.8 Å². The molecule has 0 spiro atoms. The number of hydrogen-bond acceptors (Lipinski definition) is 50. The molecule has 55 nitrogen and oxygen atoms in total. The normalized spacial score (nSPS) is 49.0. The van der Waals surface area contributed by atoms with Crippen molar-refractivity contribution in [1.82, 2.24) is 21.3 Å². The minimum absolute atomic E-state index is 0.860. The van der Waals surface area contributed by atoms with Gasteiger partial charge in [0.2, 0.25) is 23.6 Å². The van der Waals surface area contributed by atoms with E-state index in [-0.39, 0.29) is 0 Å². The summed E-state index contributed by atoms with van der Waals surface area (Å²) in [7, 11) is 0. The molecule has 10 aliphatic rings. The van der Waals surface area contributed by atoms with Gasteiger partial charge in [0, 0.05) is 34.1 Å². The fourth-order valence-corrected chi connectivity index (χ4v) is 16.6. The van der Waals surface area contributed by atoms with Gasteiger partial charge >= 0.3 is 5.97 Å². The number of amides is 4. The molecule has 0 saturated carbocycles. The van der Waals surface area contributed by atoms with Crippen molar-refractivity contribution in [2.75, 3.05) is 46.2 Å². The van der Waals surface area contributed by atoms with Crippen molar-refractivity contribution >= 4 is 29.6 Å². The summed E-state index contributed by atoms with van der Waals surface area (Å²) in [6.07, 6.45) is -99.6. The van der Waals surface area contributed by atoms with E-state index < -0.39 is 395 Å². The van der Waals surface area contributed by atoms with Crippen LogP contribution in [0, 0.1) is 0 Å². The Balaban J connectivity index is 0.984. The maximum atomic E-state index is 13.7. The molecule has 10 rings (SSSR count). The van der Waals surface area contributed by atoms with Gasteiger partial charge in [-0.2, -0.15) is 0 Å². The van der Waals surface area contributed by atoms with Crippen LogP contribution in [-0.2, 0) is 114 Å².